The van der Waals surface area contributed by atoms with E-state index < -0.39 is 0 Å². The molecule has 0 amide bonds. The first-order valence-corrected chi connectivity index (χ1v) is 10.9. The van der Waals surface area contributed by atoms with Crippen LogP contribution in [0.1, 0.15) is 16.7 Å². The zero-order chi connectivity index (χ0) is 21.9. The monoisotopic (exact) mass is 444 g/mol. The van der Waals surface area contributed by atoms with Gasteiger partial charge in [0, 0.05) is 38.2 Å². The highest BCUT2D eigenvalue weighted by atomic mass is 35.5. The summed E-state index contributed by atoms with van der Waals surface area (Å²) in [5.41, 5.74) is 6.13. The smallest absolute Gasteiger partial charge is 0.123 e. The standard InChI is InChI=1S/C26H22ClFN4/c27-24-17-31(12-8-19-6-10-29-11-7-19)13-9-23(24)21-4-5-25-26(15-21)32(18-30-25)16-20-2-1-3-22(28)14-20/h1-7,9-11,14-15,17-18H,8,12-13,16H2. The summed E-state index contributed by atoms with van der Waals surface area (Å²) in [6.45, 7) is 2.25. The van der Waals surface area contributed by atoms with Gasteiger partial charge in [0.15, 0.2) is 0 Å². The molecule has 1 aliphatic heterocycles. The van der Waals surface area contributed by atoms with Crippen LogP contribution in [0.25, 0.3) is 16.6 Å². The van der Waals surface area contributed by atoms with Gasteiger partial charge in [0.1, 0.15) is 5.82 Å². The molecular weight excluding hydrogens is 423 g/mol. The predicted octanol–water partition coefficient (Wildman–Crippen LogP) is 5.64. The number of hydrogen-bond acceptors (Lipinski definition) is 3. The number of imidazole rings is 1. The average molecular weight is 445 g/mol. The maximum Gasteiger partial charge on any atom is 0.123 e. The topological polar surface area (TPSA) is 34.0 Å². The van der Waals surface area contributed by atoms with Crippen LogP contribution in [0.5, 0.6) is 0 Å². The van der Waals surface area contributed by atoms with E-state index in [4.69, 9.17) is 11.6 Å². The Bertz CT molecular complexity index is 1310. The quantitative estimate of drug-likeness (QED) is 0.386. The second-order valence-corrected chi connectivity index (χ2v) is 8.31. The fourth-order valence-electron chi connectivity index (χ4n) is 4.00. The lowest BCUT2D eigenvalue weighted by Crippen LogP contribution is -2.23. The molecule has 0 atom stereocenters. The maximum atomic E-state index is 13.6. The van der Waals surface area contributed by atoms with E-state index in [0.717, 1.165) is 52.3 Å². The lowest BCUT2D eigenvalue weighted by atomic mass is 10.0. The van der Waals surface area contributed by atoms with E-state index in [1.54, 1.807) is 18.5 Å². The van der Waals surface area contributed by atoms with Gasteiger partial charge < -0.3 is 9.47 Å². The molecule has 0 bridgehead atoms. The number of aromatic nitrogens is 3. The highest BCUT2D eigenvalue weighted by molar-refractivity contribution is 6.37. The third-order valence-corrected chi connectivity index (χ3v) is 6.00. The second-order valence-electron chi connectivity index (χ2n) is 7.90. The number of benzene rings is 2. The van der Waals surface area contributed by atoms with Crippen LogP contribution < -0.4 is 0 Å². The Morgan fingerprint density at radius 2 is 1.88 bits per heavy atom. The van der Waals surface area contributed by atoms with Gasteiger partial charge in [0.05, 0.1) is 22.4 Å². The van der Waals surface area contributed by atoms with Crippen molar-refractivity contribution in [2.75, 3.05) is 13.1 Å². The highest BCUT2D eigenvalue weighted by Gasteiger charge is 2.15. The molecule has 5 rings (SSSR count). The summed E-state index contributed by atoms with van der Waals surface area (Å²) in [5.74, 6) is -0.231. The van der Waals surface area contributed by atoms with Crippen LogP contribution in [0.2, 0.25) is 0 Å². The predicted molar refractivity (Wildman–Crippen MR) is 127 cm³/mol. The summed E-state index contributed by atoms with van der Waals surface area (Å²) < 4.78 is 15.6. The van der Waals surface area contributed by atoms with Crippen LogP contribution in [0.3, 0.4) is 0 Å². The Morgan fingerprint density at radius 1 is 1.00 bits per heavy atom. The molecule has 160 valence electrons. The Balaban J connectivity index is 1.34. The van der Waals surface area contributed by atoms with Crippen LogP contribution >= 0.6 is 11.6 Å². The third kappa shape index (κ3) is 4.43. The van der Waals surface area contributed by atoms with Crippen molar-refractivity contribution < 1.29 is 4.39 Å². The van der Waals surface area contributed by atoms with Crippen molar-refractivity contribution in [3.8, 4) is 0 Å². The molecule has 3 heterocycles. The van der Waals surface area contributed by atoms with Gasteiger partial charge in [0.25, 0.3) is 0 Å². The van der Waals surface area contributed by atoms with Crippen LogP contribution in [-0.4, -0.2) is 32.5 Å². The van der Waals surface area contributed by atoms with Gasteiger partial charge in [-0.2, -0.15) is 0 Å². The van der Waals surface area contributed by atoms with E-state index in [0.29, 0.717) is 6.54 Å². The van der Waals surface area contributed by atoms with Gasteiger partial charge in [-0.3, -0.25) is 4.98 Å². The molecule has 1 aliphatic rings. The summed E-state index contributed by atoms with van der Waals surface area (Å²) in [4.78, 5) is 10.8. The number of rotatable bonds is 6. The first kappa shape index (κ1) is 20.5. The minimum Gasteiger partial charge on any atom is -0.372 e. The van der Waals surface area contributed by atoms with Crippen molar-refractivity contribution in [1.29, 1.82) is 0 Å². The van der Waals surface area contributed by atoms with Crippen molar-refractivity contribution in [3.05, 3.63) is 113 Å². The molecule has 0 saturated carbocycles. The second kappa shape index (κ2) is 8.97. The zero-order valence-electron chi connectivity index (χ0n) is 17.5. The Hall–Kier alpha value is -3.44. The lowest BCUT2D eigenvalue weighted by Gasteiger charge is -2.24. The fraction of sp³-hybridized carbons (Fsp3) is 0.154. The molecule has 4 nitrogen and oxygen atoms in total. The lowest BCUT2D eigenvalue weighted by molar-refractivity contribution is 0.416. The van der Waals surface area contributed by atoms with Crippen molar-refractivity contribution in [3.63, 3.8) is 0 Å². The SMILES string of the molecule is Fc1cccc(Cn2cnc3ccc(C4=CCN(CCc5ccncc5)C=C4Cl)cc32)c1. The molecule has 0 radical (unpaired) electrons. The summed E-state index contributed by atoms with van der Waals surface area (Å²) in [5, 5.41) is 0.724. The van der Waals surface area contributed by atoms with Crippen LogP contribution in [0.15, 0.2) is 90.6 Å². The van der Waals surface area contributed by atoms with Gasteiger partial charge in [-0.15, -0.1) is 0 Å². The molecule has 32 heavy (non-hydrogen) atoms. The van der Waals surface area contributed by atoms with Crippen LogP contribution in [-0.2, 0) is 13.0 Å². The Labute approximate surface area is 191 Å². The molecule has 4 aromatic rings. The summed E-state index contributed by atoms with van der Waals surface area (Å²) >= 11 is 6.68. The first-order chi connectivity index (χ1) is 15.7. The minimum atomic E-state index is -0.231. The average Bonchev–Trinajstić information content (AvgIpc) is 3.20. The molecule has 0 aliphatic carbocycles. The highest BCUT2D eigenvalue weighted by Crippen LogP contribution is 2.31. The van der Waals surface area contributed by atoms with Crippen LogP contribution in [0.4, 0.5) is 4.39 Å². The molecule has 0 N–H and O–H groups in total. The summed E-state index contributed by atoms with van der Waals surface area (Å²) in [7, 11) is 0. The number of pyridine rings is 1. The van der Waals surface area contributed by atoms with Gasteiger partial charge in [0.2, 0.25) is 0 Å². The van der Waals surface area contributed by atoms with E-state index in [2.05, 4.69) is 33.1 Å². The van der Waals surface area contributed by atoms with Gasteiger partial charge in [-0.05, 0) is 65.1 Å². The number of nitrogens with zero attached hydrogens (tertiary/aromatic N) is 4. The molecular formula is C26H22ClFN4. The van der Waals surface area contributed by atoms with E-state index in [1.807, 2.05) is 47.4 Å². The van der Waals surface area contributed by atoms with Crippen molar-refractivity contribution in [2.24, 2.45) is 0 Å². The molecule has 0 fully saturated rings. The summed E-state index contributed by atoms with van der Waals surface area (Å²) in [6, 6.07) is 16.9. The van der Waals surface area contributed by atoms with Crippen LogP contribution in [0, 0.1) is 5.82 Å². The largest absolute Gasteiger partial charge is 0.372 e. The number of fused-ring (bicyclic) bond motifs is 1. The molecule has 0 unspecified atom stereocenters. The van der Waals surface area contributed by atoms with E-state index in [-0.39, 0.29) is 5.82 Å². The van der Waals surface area contributed by atoms with E-state index in [1.165, 1.54) is 11.6 Å². The number of halogens is 2. The van der Waals surface area contributed by atoms with Crippen molar-refractivity contribution in [1.82, 2.24) is 19.4 Å². The normalized spacial score (nSPS) is 13.9. The third-order valence-electron chi connectivity index (χ3n) is 5.69. The molecule has 0 spiro atoms. The van der Waals surface area contributed by atoms with E-state index in [9.17, 15) is 4.39 Å². The molecule has 0 saturated heterocycles. The van der Waals surface area contributed by atoms with Crippen molar-refractivity contribution in [2.45, 2.75) is 13.0 Å². The fourth-order valence-corrected chi connectivity index (χ4v) is 4.33. The van der Waals surface area contributed by atoms with Gasteiger partial charge in [-0.1, -0.05) is 35.9 Å². The Morgan fingerprint density at radius 3 is 2.69 bits per heavy atom. The van der Waals surface area contributed by atoms with E-state index >= 15 is 0 Å². The Kier molecular flexibility index (Phi) is 5.73. The first-order valence-electron chi connectivity index (χ1n) is 10.6. The zero-order valence-corrected chi connectivity index (χ0v) is 18.2. The minimum absolute atomic E-state index is 0.231. The molecule has 2 aromatic heterocycles. The summed E-state index contributed by atoms with van der Waals surface area (Å²) in [6.07, 6.45) is 10.6. The van der Waals surface area contributed by atoms with Gasteiger partial charge >= 0.3 is 0 Å². The van der Waals surface area contributed by atoms with Gasteiger partial charge in [-0.25, -0.2) is 9.37 Å². The number of allylic oxidation sites excluding steroid dienone is 2. The maximum absolute atomic E-state index is 13.6. The molecule has 6 heteroatoms. The number of hydrogen-bond donors (Lipinski definition) is 0. The van der Waals surface area contributed by atoms with Crippen molar-refractivity contribution >= 4 is 28.2 Å². The molecule has 2 aromatic carbocycles.